The maximum Gasteiger partial charge on any atom is 0.132 e. The van der Waals surface area contributed by atoms with E-state index in [1.54, 1.807) is 0 Å². The normalized spacial score (nSPS) is 16.4. The van der Waals surface area contributed by atoms with Crippen molar-refractivity contribution in [1.82, 2.24) is 0 Å². The fourth-order valence-electron chi connectivity index (χ4n) is 10.5. The molecule has 55 heavy (non-hydrogen) atoms. The Morgan fingerprint density at radius 1 is 0.309 bits per heavy atom. The highest BCUT2D eigenvalue weighted by atomic mass is 16.5. The molecule has 1 atom stereocenters. The largest absolute Gasteiger partial charge is 0.457 e. The number of rotatable bonds is 3. The van der Waals surface area contributed by atoms with E-state index < -0.39 is 10.8 Å². The molecule has 12 rings (SSSR count). The van der Waals surface area contributed by atoms with E-state index in [1.807, 2.05) is 0 Å². The van der Waals surface area contributed by atoms with Gasteiger partial charge in [0.2, 0.25) is 0 Å². The first kappa shape index (κ1) is 30.5. The molecule has 1 nitrogen and oxygen atoms in total. The molecule has 0 aromatic heterocycles. The zero-order valence-corrected chi connectivity index (χ0v) is 30.0. The van der Waals surface area contributed by atoms with Gasteiger partial charge < -0.3 is 4.74 Å². The number of benzene rings is 9. The standard InChI is InChI=1S/C54H34O/c1-2-17-38(18-3-1)53(46-26-11-8-23-43(46)52-40-20-5-4-15-35(40)29-32-49(52)53)39-19-14-16-36(33-39)37-30-31-48-51(34-37)55-50-28-13-12-27-47(50)54(48)44-24-9-6-21-41(44)42-22-7-10-25-45(42)54/h1-34H. The summed E-state index contributed by atoms with van der Waals surface area (Å²) < 4.78 is 6.91. The first-order valence-corrected chi connectivity index (χ1v) is 19.2. The smallest absolute Gasteiger partial charge is 0.132 e. The van der Waals surface area contributed by atoms with E-state index in [0.717, 1.165) is 22.6 Å². The Morgan fingerprint density at radius 2 is 0.873 bits per heavy atom. The molecule has 0 fully saturated rings. The second-order valence-electron chi connectivity index (χ2n) is 15.1. The van der Waals surface area contributed by atoms with Crippen LogP contribution < -0.4 is 4.74 Å². The minimum absolute atomic E-state index is 0.477. The second kappa shape index (κ2) is 11.3. The summed E-state index contributed by atoms with van der Waals surface area (Å²) in [7, 11) is 0. The third-order valence-corrected chi connectivity index (χ3v) is 12.6. The number of hydrogen-bond acceptors (Lipinski definition) is 1. The van der Waals surface area contributed by atoms with Gasteiger partial charge in [0, 0.05) is 11.1 Å². The van der Waals surface area contributed by atoms with Crippen LogP contribution in [0, 0.1) is 0 Å². The van der Waals surface area contributed by atoms with Gasteiger partial charge in [0.15, 0.2) is 0 Å². The third kappa shape index (κ3) is 3.92. The maximum atomic E-state index is 6.91. The van der Waals surface area contributed by atoms with Gasteiger partial charge in [-0.1, -0.05) is 188 Å². The molecule has 1 spiro atoms. The lowest BCUT2D eigenvalue weighted by atomic mass is 9.66. The van der Waals surface area contributed by atoms with Crippen LogP contribution in [0.4, 0.5) is 0 Å². The van der Waals surface area contributed by atoms with Crippen molar-refractivity contribution in [3.8, 4) is 44.9 Å². The van der Waals surface area contributed by atoms with Crippen molar-refractivity contribution in [2.75, 3.05) is 0 Å². The van der Waals surface area contributed by atoms with Gasteiger partial charge in [0.1, 0.15) is 11.5 Å². The molecular weight excluding hydrogens is 665 g/mol. The summed E-state index contributed by atoms with van der Waals surface area (Å²) in [6, 6.07) is 76.1. The monoisotopic (exact) mass is 698 g/mol. The van der Waals surface area contributed by atoms with Crippen molar-refractivity contribution in [3.05, 3.63) is 251 Å². The van der Waals surface area contributed by atoms with Gasteiger partial charge in [0.25, 0.3) is 0 Å². The lowest BCUT2D eigenvalue weighted by Crippen LogP contribution is -2.32. The van der Waals surface area contributed by atoms with E-state index in [2.05, 4.69) is 206 Å². The summed E-state index contributed by atoms with van der Waals surface area (Å²) >= 11 is 0. The molecule has 2 aliphatic carbocycles. The molecule has 0 bridgehead atoms. The molecule has 1 aliphatic heterocycles. The minimum Gasteiger partial charge on any atom is -0.457 e. The Labute approximate surface area is 320 Å². The van der Waals surface area contributed by atoms with Crippen molar-refractivity contribution in [3.63, 3.8) is 0 Å². The Hall–Kier alpha value is -6.96. The first-order chi connectivity index (χ1) is 27.3. The van der Waals surface area contributed by atoms with Crippen molar-refractivity contribution >= 4 is 10.8 Å². The highest BCUT2D eigenvalue weighted by Gasteiger charge is 2.51. The van der Waals surface area contributed by atoms with E-state index in [9.17, 15) is 0 Å². The number of fused-ring (bicyclic) bond motifs is 14. The summed E-state index contributed by atoms with van der Waals surface area (Å²) in [4.78, 5) is 0. The molecule has 0 N–H and O–H groups in total. The van der Waals surface area contributed by atoms with Crippen LogP contribution in [0.1, 0.15) is 44.5 Å². The van der Waals surface area contributed by atoms with Crippen LogP contribution in [0.25, 0.3) is 44.2 Å². The maximum absolute atomic E-state index is 6.91. The molecule has 0 radical (unpaired) electrons. The lowest BCUT2D eigenvalue weighted by Gasteiger charge is -2.39. The van der Waals surface area contributed by atoms with E-state index in [4.69, 9.17) is 4.74 Å². The molecule has 0 amide bonds. The highest BCUT2D eigenvalue weighted by Crippen LogP contribution is 2.63. The quantitative estimate of drug-likeness (QED) is 0.178. The average molecular weight is 699 g/mol. The molecule has 1 unspecified atom stereocenters. The van der Waals surface area contributed by atoms with Crippen molar-refractivity contribution in [2.24, 2.45) is 0 Å². The molecule has 0 saturated carbocycles. The Kier molecular flexibility index (Phi) is 6.25. The van der Waals surface area contributed by atoms with Crippen molar-refractivity contribution in [2.45, 2.75) is 10.8 Å². The zero-order valence-electron chi connectivity index (χ0n) is 30.0. The van der Waals surface area contributed by atoms with Gasteiger partial charge in [-0.25, -0.2) is 0 Å². The predicted molar refractivity (Wildman–Crippen MR) is 224 cm³/mol. The second-order valence-corrected chi connectivity index (χ2v) is 15.1. The molecule has 3 aliphatic rings. The molecule has 1 heterocycles. The Bertz CT molecular complexity index is 2980. The first-order valence-electron chi connectivity index (χ1n) is 19.2. The van der Waals surface area contributed by atoms with Crippen LogP contribution in [0.5, 0.6) is 11.5 Å². The van der Waals surface area contributed by atoms with Crippen LogP contribution in [0.2, 0.25) is 0 Å². The van der Waals surface area contributed by atoms with Crippen LogP contribution in [0.3, 0.4) is 0 Å². The number of ether oxygens (including phenoxy) is 1. The fraction of sp³-hybridized carbons (Fsp3) is 0.0370. The van der Waals surface area contributed by atoms with Crippen LogP contribution in [-0.2, 0) is 10.8 Å². The van der Waals surface area contributed by atoms with Crippen LogP contribution in [-0.4, -0.2) is 0 Å². The minimum atomic E-state index is -0.502. The molecule has 1 heteroatoms. The third-order valence-electron chi connectivity index (χ3n) is 12.6. The van der Waals surface area contributed by atoms with Gasteiger partial charge in [0.05, 0.1) is 10.8 Å². The Balaban J connectivity index is 1.09. The molecule has 9 aromatic rings. The fourth-order valence-corrected chi connectivity index (χ4v) is 10.5. The summed E-state index contributed by atoms with van der Waals surface area (Å²) in [5, 5.41) is 2.55. The highest BCUT2D eigenvalue weighted by molar-refractivity contribution is 6.04. The van der Waals surface area contributed by atoms with E-state index in [-0.39, 0.29) is 0 Å². The molecule has 0 saturated heterocycles. The average Bonchev–Trinajstić information content (AvgIpc) is 3.73. The zero-order chi connectivity index (χ0) is 36.1. The molecule has 256 valence electrons. The van der Waals surface area contributed by atoms with Crippen molar-refractivity contribution < 1.29 is 4.74 Å². The lowest BCUT2D eigenvalue weighted by molar-refractivity contribution is 0.436. The summed E-state index contributed by atoms with van der Waals surface area (Å²) in [6.07, 6.45) is 0. The van der Waals surface area contributed by atoms with Crippen LogP contribution in [0.15, 0.2) is 206 Å². The topological polar surface area (TPSA) is 9.23 Å². The summed E-state index contributed by atoms with van der Waals surface area (Å²) in [5.74, 6) is 1.80. The van der Waals surface area contributed by atoms with Gasteiger partial charge in [-0.05, 0) is 95.7 Å². The van der Waals surface area contributed by atoms with Gasteiger partial charge in [-0.2, -0.15) is 0 Å². The summed E-state index contributed by atoms with van der Waals surface area (Å²) in [6.45, 7) is 0. The van der Waals surface area contributed by atoms with E-state index in [0.29, 0.717) is 0 Å². The van der Waals surface area contributed by atoms with Gasteiger partial charge >= 0.3 is 0 Å². The molecular formula is C54H34O. The number of para-hydroxylation sites is 1. The van der Waals surface area contributed by atoms with E-state index >= 15 is 0 Å². The number of hydrogen-bond donors (Lipinski definition) is 0. The predicted octanol–water partition coefficient (Wildman–Crippen LogP) is 13.3. The SMILES string of the molecule is c1ccc(C2(c3cccc(-c4ccc5c(c4)Oc4ccccc4C54c5ccccc5-c5ccccc54)c3)c3ccccc3-c3c2ccc2ccccc32)cc1. The van der Waals surface area contributed by atoms with Crippen molar-refractivity contribution in [1.29, 1.82) is 0 Å². The summed E-state index contributed by atoms with van der Waals surface area (Å²) in [5.41, 5.74) is 16.6. The molecule has 9 aromatic carbocycles. The van der Waals surface area contributed by atoms with Gasteiger partial charge in [-0.15, -0.1) is 0 Å². The van der Waals surface area contributed by atoms with Gasteiger partial charge in [-0.3, -0.25) is 0 Å². The van der Waals surface area contributed by atoms with Crippen LogP contribution >= 0.6 is 0 Å². The Morgan fingerprint density at radius 3 is 1.65 bits per heavy atom. The van der Waals surface area contributed by atoms with E-state index in [1.165, 1.54) is 77.5 Å².